The van der Waals surface area contributed by atoms with Gasteiger partial charge in [0.1, 0.15) is 0 Å². The molecule has 0 fully saturated rings. The van der Waals surface area contributed by atoms with Gasteiger partial charge < -0.3 is 0 Å². The highest BCUT2D eigenvalue weighted by atomic mass is 32.1. The van der Waals surface area contributed by atoms with Crippen LogP contribution in [-0.4, -0.2) is 9.97 Å². The van der Waals surface area contributed by atoms with Gasteiger partial charge in [0, 0.05) is 57.0 Å². The molecule has 0 saturated carbocycles. The second kappa shape index (κ2) is 13.5. The van der Waals surface area contributed by atoms with Crippen LogP contribution in [0.2, 0.25) is 0 Å². The van der Waals surface area contributed by atoms with Gasteiger partial charge in [0.25, 0.3) is 0 Å². The SMILES string of the molecule is c1ccc(-c2cc(-c3ccc4sc5ccccc5c4c3)cc(-c3cc(-c4cccc(-c5cccc6c5sc5ccccc56)c4)nc(-c4ccccc4)n3)c2)cc1. The molecule has 0 unspecified atom stereocenters. The third-order valence-electron chi connectivity index (χ3n) is 10.7. The molecule has 0 aliphatic heterocycles. The van der Waals surface area contributed by atoms with E-state index < -0.39 is 0 Å². The fourth-order valence-corrected chi connectivity index (χ4v) is 10.2. The number of hydrogen-bond acceptors (Lipinski definition) is 4. The number of nitrogens with zero attached hydrogens (tertiary/aromatic N) is 2. The predicted molar refractivity (Wildman–Crippen MR) is 240 cm³/mol. The molecule has 11 rings (SSSR count). The van der Waals surface area contributed by atoms with Crippen molar-refractivity contribution < 1.29 is 0 Å². The van der Waals surface area contributed by atoms with E-state index in [0.717, 1.165) is 39.2 Å². The van der Waals surface area contributed by atoms with Gasteiger partial charge in [0.05, 0.1) is 11.4 Å². The molecule has 3 heterocycles. The van der Waals surface area contributed by atoms with Crippen molar-refractivity contribution in [1.29, 1.82) is 0 Å². The van der Waals surface area contributed by atoms with Gasteiger partial charge >= 0.3 is 0 Å². The number of benzene rings is 8. The second-order valence-corrected chi connectivity index (χ2v) is 16.3. The van der Waals surface area contributed by atoms with Gasteiger partial charge in [0.15, 0.2) is 5.82 Å². The van der Waals surface area contributed by atoms with E-state index in [2.05, 4.69) is 188 Å². The number of fused-ring (bicyclic) bond motifs is 6. The summed E-state index contributed by atoms with van der Waals surface area (Å²) in [5, 5.41) is 5.19. The van der Waals surface area contributed by atoms with Crippen LogP contribution in [0.25, 0.3) is 108 Å². The number of rotatable bonds is 6. The van der Waals surface area contributed by atoms with Crippen molar-refractivity contribution in [3.05, 3.63) is 194 Å². The Balaban J connectivity index is 1.09. The summed E-state index contributed by atoms with van der Waals surface area (Å²) >= 11 is 3.71. The Kier molecular flexibility index (Phi) is 7.90. The Bertz CT molecular complexity index is 3250. The minimum absolute atomic E-state index is 0.702. The van der Waals surface area contributed by atoms with Crippen molar-refractivity contribution >= 4 is 63.0 Å². The quantitative estimate of drug-likeness (QED) is 0.169. The minimum Gasteiger partial charge on any atom is -0.228 e. The Morgan fingerprint density at radius 3 is 1.61 bits per heavy atom. The van der Waals surface area contributed by atoms with E-state index in [9.17, 15) is 0 Å². The van der Waals surface area contributed by atoms with Gasteiger partial charge in [-0.05, 0) is 88.0 Å². The molecule has 4 heteroatoms. The maximum atomic E-state index is 5.29. The summed E-state index contributed by atoms with van der Waals surface area (Å²) in [5.74, 6) is 0.702. The molecule has 8 aromatic carbocycles. The molecular formula is C52H32N2S2. The molecule has 0 aliphatic rings. The van der Waals surface area contributed by atoms with Gasteiger partial charge in [-0.2, -0.15) is 0 Å². The van der Waals surface area contributed by atoms with Crippen LogP contribution in [0.1, 0.15) is 0 Å². The number of aromatic nitrogens is 2. The lowest BCUT2D eigenvalue weighted by atomic mass is 9.93. The summed E-state index contributed by atoms with van der Waals surface area (Å²) < 4.78 is 5.22. The topological polar surface area (TPSA) is 25.8 Å². The van der Waals surface area contributed by atoms with E-state index >= 15 is 0 Å². The van der Waals surface area contributed by atoms with Gasteiger partial charge in [-0.3, -0.25) is 0 Å². The van der Waals surface area contributed by atoms with Crippen LogP contribution in [0.3, 0.4) is 0 Å². The molecule has 0 N–H and O–H groups in total. The molecule has 11 aromatic rings. The zero-order valence-electron chi connectivity index (χ0n) is 30.2. The third kappa shape index (κ3) is 5.79. The van der Waals surface area contributed by atoms with Crippen LogP contribution in [-0.2, 0) is 0 Å². The highest BCUT2D eigenvalue weighted by Crippen LogP contribution is 2.42. The third-order valence-corrected chi connectivity index (χ3v) is 13.0. The summed E-state index contributed by atoms with van der Waals surface area (Å²) in [6, 6.07) is 69.8. The lowest BCUT2D eigenvalue weighted by Crippen LogP contribution is -1.97. The van der Waals surface area contributed by atoms with Crippen molar-refractivity contribution in [1.82, 2.24) is 9.97 Å². The zero-order chi connectivity index (χ0) is 37.0. The summed E-state index contributed by atoms with van der Waals surface area (Å²) in [6.45, 7) is 0. The van der Waals surface area contributed by atoms with Crippen molar-refractivity contribution in [3.8, 4) is 67.3 Å². The van der Waals surface area contributed by atoms with Gasteiger partial charge in [-0.1, -0.05) is 140 Å². The lowest BCUT2D eigenvalue weighted by molar-refractivity contribution is 1.18. The normalized spacial score (nSPS) is 11.6. The predicted octanol–water partition coefficient (Wildman–Crippen LogP) is 15.2. The molecule has 0 spiro atoms. The molecule has 2 nitrogen and oxygen atoms in total. The minimum atomic E-state index is 0.702. The smallest absolute Gasteiger partial charge is 0.160 e. The maximum Gasteiger partial charge on any atom is 0.160 e. The first kappa shape index (κ1) is 32.7. The van der Waals surface area contributed by atoms with E-state index in [1.54, 1.807) is 0 Å². The largest absolute Gasteiger partial charge is 0.228 e. The van der Waals surface area contributed by atoms with Crippen molar-refractivity contribution in [3.63, 3.8) is 0 Å². The van der Waals surface area contributed by atoms with E-state index in [1.807, 2.05) is 28.7 Å². The molecular weight excluding hydrogens is 717 g/mol. The molecule has 0 atom stereocenters. The molecule has 56 heavy (non-hydrogen) atoms. The zero-order valence-corrected chi connectivity index (χ0v) is 31.8. The Hall–Kier alpha value is -6.72. The van der Waals surface area contributed by atoms with Crippen LogP contribution < -0.4 is 0 Å². The first-order valence-electron chi connectivity index (χ1n) is 18.8. The highest BCUT2D eigenvalue weighted by Gasteiger charge is 2.16. The summed E-state index contributed by atoms with van der Waals surface area (Å²) in [6.07, 6.45) is 0. The first-order valence-corrected chi connectivity index (χ1v) is 20.4. The highest BCUT2D eigenvalue weighted by molar-refractivity contribution is 7.26. The van der Waals surface area contributed by atoms with Crippen LogP contribution in [0.15, 0.2) is 194 Å². The van der Waals surface area contributed by atoms with Gasteiger partial charge in [-0.15, -0.1) is 22.7 Å². The average Bonchev–Trinajstić information content (AvgIpc) is 3.85. The maximum absolute atomic E-state index is 5.29. The van der Waals surface area contributed by atoms with E-state index in [-0.39, 0.29) is 0 Å². The number of hydrogen-bond donors (Lipinski definition) is 0. The summed E-state index contributed by atoms with van der Waals surface area (Å²) in [7, 11) is 0. The van der Waals surface area contributed by atoms with E-state index in [1.165, 1.54) is 62.6 Å². The van der Waals surface area contributed by atoms with Crippen molar-refractivity contribution in [2.24, 2.45) is 0 Å². The molecule has 0 radical (unpaired) electrons. The fraction of sp³-hybridized carbons (Fsp3) is 0. The Morgan fingerprint density at radius 2 is 0.821 bits per heavy atom. The molecule has 0 saturated heterocycles. The molecule has 3 aromatic heterocycles. The van der Waals surface area contributed by atoms with Gasteiger partial charge in [0.2, 0.25) is 0 Å². The second-order valence-electron chi connectivity index (χ2n) is 14.2. The molecule has 0 amide bonds. The fourth-order valence-electron chi connectivity index (χ4n) is 7.92. The van der Waals surface area contributed by atoms with Crippen LogP contribution >= 0.6 is 22.7 Å². The Morgan fingerprint density at radius 1 is 0.286 bits per heavy atom. The van der Waals surface area contributed by atoms with E-state index in [4.69, 9.17) is 9.97 Å². The Labute approximate surface area is 332 Å². The molecule has 0 bridgehead atoms. The lowest BCUT2D eigenvalue weighted by Gasteiger charge is -2.14. The molecule has 262 valence electrons. The van der Waals surface area contributed by atoms with E-state index in [0.29, 0.717) is 5.82 Å². The van der Waals surface area contributed by atoms with Crippen molar-refractivity contribution in [2.45, 2.75) is 0 Å². The summed E-state index contributed by atoms with van der Waals surface area (Å²) in [4.78, 5) is 10.5. The summed E-state index contributed by atoms with van der Waals surface area (Å²) in [5.41, 5.74) is 11.9. The standard InChI is InChI=1S/C52H32N2S2/c1-3-13-33(14-4-1)38-28-39(35-25-26-50-45(31-35)43-20-8-9-23-48(43)55-50)30-40(29-38)47-32-46(53-52(54-47)34-15-5-2-6-16-34)37-18-11-17-36(27-37)41-21-12-22-44-42-19-7-10-24-49(42)56-51(41)44/h1-32H. The number of thiophene rings is 2. The van der Waals surface area contributed by atoms with Crippen LogP contribution in [0, 0.1) is 0 Å². The van der Waals surface area contributed by atoms with Crippen LogP contribution in [0.5, 0.6) is 0 Å². The van der Waals surface area contributed by atoms with Crippen molar-refractivity contribution in [2.75, 3.05) is 0 Å². The molecule has 0 aliphatic carbocycles. The average molecular weight is 749 g/mol. The van der Waals surface area contributed by atoms with Crippen LogP contribution in [0.4, 0.5) is 0 Å². The van der Waals surface area contributed by atoms with Gasteiger partial charge in [-0.25, -0.2) is 9.97 Å². The monoisotopic (exact) mass is 748 g/mol. The first-order chi connectivity index (χ1) is 27.7.